The van der Waals surface area contributed by atoms with Crippen molar-refractivity contribution < 1.29 is 19.4 Å². The van der Waals surface area contributed by atoms with Gasteiger partial charge in [0.15, 0.2) is 0 Å². The lowest BCUT2D eigenvalue weighted by Gasteiger charge is -2.35. The molecule has 1 heterocycles. The van der Waals surface area contributed by atoms with E-state index in [1.54, 1.807) is 24.3 Å². The molecule has 0 bridgehead atoms. The van der Waals surface area contributed by atoms with Gasteiger partial charge in [0.2, 0.25) is 0 Å². The molecule has 0 radical (unpaired) electrons. The lowest BCUT2D eigenvalue weighted by atomic mass is 10.2. The molecule has 5 nitrogen and oxygen atoms in total. The monoisotopic (exact) mass is 293 g/mol. The number of hydrogen-bond donors (Lipinski definition) is 1. The summed E-state index contributed by atoms with van der Waals surface area (Å²) in [6.45, 7) is 7.76. The number of aromatic carboxylic acids is 1. The van der Waals surface area contributed by atoms with Gasteiger partial charge < -0.3 is 14.6 Å². The van der Waals surface area contributed by atoms with Gasteiger partial charge in [0.25, 0.3) is 0 Å². The number of morpholine rings is 1. The number of ether oxygens (including phenoxy) is 2. The van der Waals surface area contributed by atoms with Gasteiger partial charge in [0.1, 0.15) is 5.75 Å². The summed E-state index contributed by atoms with van der Waals surface area (Å²) < 4.78 is 11.3. The Morgan fingerprint density at radius 3 is 2.48 bits per heavy atom. The average molecular weight is 293 g/mol. The van der Waals surface area contributed by atoms with E-state index >= 15 is 0 Å². The van der Waals surface area contributed by atoms with Crippen molar-refractivity contribution in [1.29, 1.82) is 0 Å². The molecule has 0 saturated carbocycles. The molecular formula is C16H23NO4. The Morgan fingerprint density at radius 1 is 1.29 bits per heavy atom. The highest BCUT2D eigenvalue weighted by atomic mass is 16.5. The van der Waals surface area contributed by atoms with Crippen LogP contribution in [0.5, 0.6) is 5.75 Å². The first-order valence-electron chi connectivity index (χ1n) is 7.38. The van der Waals surface area contributed by atoms with E-state index in [9.17, 15) is 4.79 Å². The number of carboxylic acid groups (broad SMARTS) is 1. The molecule has 5 heteroatoms. The van der Waals surface area contributed by atoms with E-state index < -0.39 is 5.97 Å². The summed E-state index contributed by atoms with van der Waals surface area (Å²) in [7, 11) is 0. The van der Waals surface area contributed by atoms with Crippen molar-refractivity contribution in [3.63, 3.8) is 0 Å². The molecule has 2 unspecified atom stereocenters. The summed E-state index contributed by atoms with van der Waals surface area (Å²) in [5.41, 5.74) is 0.277. The summed E-state index contributed by atoms with van der Waals surface area (Å²) in [6.07, 6.45) is 1.52. The molecule has 0 spiro atoms. The topological polar surface area (TPSA) is 59.0 Å². The number of carboxylic acids is 1. The first-order valence-corrected chi connectivity index (χ1v) is 7.38. The van der Waals surface area contributed by atoms with Crippen LogP contribution in [-0.4, -0.2) is 54.4 Å². The number of benzene rings is 1. The van der Waals surface area contributed by atoms with Crippen LogP contribution in [0, 0.1) is 0 Å². The molecule has 1 saturated heterocycles. The maximum atomic E-state index is 10.7. The van der Waals surface area contributed by atoms with Crippen LogP contribution in [0.1, 0.15) is 30.6 Å². The van der Waals surface area contributed by atoms with Gasteiger partial charge in [0, 0.05) is 19.6 Å². The summed E-state index contributed by atoms with van der Waals surface area (Å²) >= 11 is 0. The summed E-state index contributed by atoms with van der Waals surface area (Å²) in [5, 5.41) is 8.82. The minimum absolute atomic E-state index is 0.277. The van der Waals surface area contributed by atoms with Crippen molar-refractivity contribution in [3.05, 3.63) is 29.8 Å². The van der Waals surface area contributed by atoms with E-state index in [0.29, 0.717) is 24.6 Å². The molecule has 1 aliphatic heterocycles. The van der Waals surface area contributed by atoms with E-state index in [4.69, 9.17) is 14.6 Å². The minimum atomic E-state index is -0.919. The third-order valence-electron chi connectivity index (χ3n) is 3.48. The molecule has 2 atom stereocenters. The van der Waals surface area contributed by atoms with E-state index in [2.05, 4.69) is 18.7 Å². The maximum absolute atomic E-state index is 10.7. The summed E-state index contributed by atoms with van der Waals surface area (Å²) in [4.78, 5) is 13.1. The molecule has 1 aromatic carbocycles. The Morgan fingerprint density at radius 2 is 1.90 bits per heavy atom. The first kappa shape index (κ1) is 15.8. The fraction of sp³-hybridized carbons (Fsp3) is 0.562. The SMILES string of the molecule is CC1CN(CCCOc2ccc(C(=O)O)cc2)CC(C)O1. The highest BCUT2D eigenvalue weighted by Gasteiger charge is 2.21. The van der Waals surface area contributed by atoms with Gasteiger partial charge in [0.05, 0.1) is 24.4 Å². The zero-order chi connectivity index (χ0) is 15.2. The second-order valence-corrected chi connectivity index (χ2v) is 5.55. The van der Waals surface area contributed by atoms with E-state index in [0.717, 1.165) is 26.1 Å². The normalized spacial score (nSPS) is 23.0. The van der Waals surface area contributed by atoms with Crippen LogP contribution < -0.4 is 4.74 Å². The van der Waals surface area contributed by atoms with Gasteiger partial charge in [-0.3, -0.25) is 4.90 Å². The fourth-order valence-corrected chi connectivity index (χ4v) is 2.64. The van der Waals surface area contributed by atoms with Crippen LogP contribution in [0.15, 0.2) is 24.3 Å². The minimum Gasteiger partial charge on any atom is -0.494 e. The third-order valence-corrected chi connectivity index (χ3v) is 3.48. The zero-order valence-corrected chi connectivity index (χ0v) is 12.6. The lowest BCUT2D eigenvalue weighted by molar-refractivity contribution is -0.0686. The van der Waals surface area contributed by atoms with E-state index in [1.165, 1.54) is 0 Å². The van der Waals surface area contributed by atoms with Gasteiger partial charge in [-0.05, 0) is 44.5 Å². The first-order chi connectivity index (χ1) is 10.0. The molecule has 2 rings (SSSR count). The van der Waals surface area contributed by atoms with Gasteiger partial charge in [-0.1, -0.05) is 0 Å². The second-order valence-electron chi connectivity index (χ2n) is 5.55. The molecule has 1 fully saturated rings. The fourth-order valence-electron chi connectivity index (χ4n) is 2.64. The Kier molecular flexibility index (Phi) is 5.59. The van der Waals surface area contributed by atoms with Crippen LogP contribution in [0.3, 0.4) is 0 Å². The lowest BCUT2D eigenvalue weighted by Crippen LogP contribution is -2.45. The molecule has 1 aliphatic rings. The predicted molar refractivity (Wildman–Crippen MR) is 80.0 cm³/mol. The highest BCUT2D eigenvalue weighted by molar-refractivity contribution is 5.87. The van der Waals surface area contributed by atoms with Gasteiger partial charge in [-0.2, -0.15) is 0 Å². The Balaban J connectivity index is 1.68. The molecule has 0 aromatic heterocycles. The van der Waals surface area contributed by atoms with Crippen molar-refractivity contribution in [2.75, 3.05) is 26.2 Å². The Bertz CT molecular complexity index is 450. The third kappa shape index (κ3) is 5.02. The zero-order valence-electron chi connectivity index (χ0n) is 12.6. The van der Waals surface area contributed by atoms with Gasteiger partial charge in [-0.15, -0.1) is 0 Å². The molecule has 1 N–H and O–H groups in total. The summed E-state index contributed by atoms with van der Waals surface area (Å²) in [5.74, 6) is -0.208. The number of carbonyl (C=O) groups is 1. The molecule has 116 valence electrons. The highest BCUT2D eigenvalue weighted by Crippen LogP contribution is 2.13. The predicted octanol–water partition coefficient (Wildman–Crippen LogP) is 2.26. The largest absolute Gasteiger partial charge is 0.494 e. The van der Waals surface area contributed by atoms with Crippen molar-refractivity contribution in [2.45, 2.75) is 32.5 Å². The summed E-state index contributed by atoms with van der Waals surface area (Å²) in [6, 6.07) is 6.51. The number of hydrogen-bond acceptors (Lipinski definition) is 4. The molecule has 1 aromatic rings. The molecular weight excluding hydrogens is 270 g/mol. The number of nitrogens with zero attached hydrogens (tertiary/aromatic N) is 1. The average Bonchev–Trinajstić information content (AvgIpc) is 2.43. The van der Waals surface area contributed by atoms with Crippen molar-refractivity contribution >= 4 is 5.97 Å². The van der Waals surface area contributed by atoms with Gasteiger partial charge >= 0.3 is 5.97 Å². The van der Waals surface area contributed by atoms with Crippen molar-refractivity contribution in [2.24, 2.45) is 0 Å². The molecule has 0 amide bonds. The van der Waals surface area contributed by atoms with Crippen molar-refractivity contribution in [3.8, 4) is 5.75 Å². The van der Waals surface area contributed by atoms with Gasteiger partial charge in [-0.25, -0.2) is 4.79 Å². The van der Waals surface area contributed by atoms with E-state index in [1.807, 2.05) is 0 Å². The van der Waals surface area contributed by atoms with Crippen molar-refractivity contribution in [1.82, 2.24) is 4.90 Å². The van der Waals surface area contributed by atoms with Crippen LogP contribution in [0.4, 0.5) is 0 Å². The quantitative estimate of drug-likeness (QED) is 0.815. The second kappa shape index (κ2) is 7.43. The Labute approximate surface area is 125 Å². The molecule has 21 heavy (non-hydrogen) atoms. The van der Waals surface area contributed by atoms with Crippen LogP contribution in [-0.2, 0) is 4.74 Å². The standard InChI is InChI=1S/C16H23NO4/c1-12-10-17(11-13(2)21-12)8-3-9-20-15-6-4-14(5-7-15)16(18)19/h4-7,12-13H,3,8-11H2,1-2H3,(H,18,19). The maximum Gasteiger partial charge on any atom is 0.335 e. The molecule has 0 aliphatic carbocycles. The van der Waals surface area contributed by atoms with Crippen LogP contribution in [0.2, 0.25) is 0 Å². The van der Waals surface area contributed by atoms with Crippen LogP contribution in [0.25, 0.3) is 0 Å². The Hall–Kier alpha value is -1.59. The van der Waals surface area contributed by atoms with Crippen LogP contribution >= 0.6 is 0 Å². The van der Waals surface area contributed by atoms with E-state index in [-0.39, 0.29) is 5.56 Å². The smallest absolute Gasteiger partial charge is 0.335 e. The number of rotatable bonds is 6.